The highest BCUT2D eigenvalue weighted by atomic mass is 35.5. The van der Waals surface area contributed by atoms with Crippen LogP contribution in [0.25, 0.3) is 11.3 Å². The molecule has 7 heteroatoms. The topological polar surface area (TPSA) is 71.5 Å². The van der Waals surface area contributed by atoms with Gasteiger partial charge in [-0.1, -0.05) is 16.8 Å². The lowest BCUT2D eigenvalue weighted by Gasteiger charge is -2.22. The van der Waals surface area contributed by atoms with Crippen molar-refractivity contribution in [3.05, 3.63) is 65.2 Å². The monoisotopic (exact) mass is 373 g/mol. The number of aromatic nitrogens is 1. The summed E-state index contributed by atoms with van der Waals surface area (Å²) < 4.78 is 10.8. The Bertz CT molecular complexity index is 841. The molecule has 0 spiro atoms. The standard InChI is InChI=1S/C19H20ClN3O3/c1-23(2)16(17-4-3-9-25-17)12-21-19(24)11-15-10-18(26-22-15)13-5-7-14(20)8-6-13/h3-10,16H,11-12H2,1-2H3,(H,21,24). The molecule has 1 atom stereocenters. The molecule has 0 saturated carbocycles. The van der Waals surface area contributed by atoms with Crippen LogP contribution in [0.5, 0.6) is 0 Å². The summed E-state index contributed by atoms with van der Waals surface area (Å²) in [6.45, 7) is 0.446. The van der Waals surface area contributed by atoms with Crippen molar-refractivity contribution < 1.29 is 13.7 Å². The lowest BCUT2D eigenvalue weighted by Crippen LogP contribution is -2.35. The number of benzene rings is 1. The molecule has 3 rings (SSSR count). The van der Waals surface area contributed by atoms with Crippen molar-refractivity contribution >= 4 is 17.5 Å². The van der Waals surface area contributed by atoms with Crippen LogP contribution < -0.4 is 5.32 Å². The van der Waals surface area contributed by atoms with Gasteiger partial charge in [-0.3, -0.25) is 9.69 Å². The van der Waals surface area contributed by atoms with Crippen LogP contribution in [0.3, 0.4) is 0 Å². The fraction of sp³-hybridized carbons (Fsp3) is 0.263. The zero-order valence-electron chi connectivity index (χ0n) is 14.6. The molecule has 1 N–H and O–H groups in total. The van der Waals surface area contributed by atoms with E-state index >= 15 is 0 Å². The minimum atomic E-state index is -0.126. The van der Waals surface area contributed by atoms with E-state index in [1.165, 1.54) is 0 Å². The van der Waals surface area contributed by atoms with E-state index in [1.807, 2.05) is 43.3 Å². The number of halogens is 1. The number of nitrogens with one attached hydrogen (secondary N) is 1. The number of amides is 1. The number of carbonyl (C=O) groups is 1. The van der Waals surface area contributed by atoms with Crippen LogP contribution in [0.1, 0.15) is 17.5 Å². The molecule has 1 amide bonds. The molecule has 26 heavy (non-hydrogen) atoms. The van der Waals surface area contributed by atoms with Crippen molar-refractivity contribution in [3.8, 4) is 11.3 Å². The molecular formula is C19H20ClN3O3. The third kappa shape index (κ3) is 4.53. The maximum absolute atomic E-state index is 12.2. The van der Waals surface area contributed by atoms with E-state index in [-0.39, 0.29) is 18.4 Å². The van der Waals surface area contributed by atoms with E-state index in [1.54, 1.807) is 24.5 Å². The second-order valence-electron chi connectivity index (χ2n) is 6.17. The van der Waals surface area contributed by atoms with Crippen molar-refractivity contribution in [3.63, 3.8) is 0 Å². The van der Waals surface area contributed by atoms with Gasteiger partial charge >= 0.3 is 0 Å². The smallest absolute Gasteiger partial charge is 0.226 e. The number of hydrogen-bond donors (Lipinski definition) is 1. The maximum atomic E-state index is 12.2. The van der Waals surface area contributed by atoms with Gasteiger partial charge in [-0.25, -0.2) is 0 Å². The summed E-state index contributed by atoms with van der Waals surface area (Å²) in [4.78, 5) is 14.2. The van der Waals surface area contributed by atoms with Crippen molar-refractivity contribution in [1.82, 2.24) is 15.4 Å². The highest BCUT2D eigenvalue weighted by molar-refractivity contribution is 6.30. The van der Waals surface area contributed by atoms with E-state index in [0.717, 1.165) is 11.3 Å². The SMILES string of the molecule is CN(C)C(CNC(=O)Cc1cc(-c2ccc(Cl)cc2)on1)c1ccco1. The molecule has 3 aromatic rings. The molecule has 2 heterocycles. The average Bonchev–Trinajstić information content (AvgIpc) is 3.28. The molecule has 0 saturated heterocycles. The van der Waals surface area contributed by atoms with E-state index < -0.39 is 0 Å². The summed E-state index contributed by atoms with van der Waals surface area (Å²) in [6.07, 6.45) is 1.77. The number of furan rings is 1. The van der Waals surface area contributed by atoms with Gasteiger partial charge in [-0.15, -0.1) is 0 Å². The molecule has 2 aromatic heterocycles. The fourth-order valence-electron chi connectivity index (χ4n) is 2.60. The zero-order valence-corrected chi connectivity index (χ0v) is 15.4. The van der Waals surface area contributed by atoms with Gasteiger partial charge in [0.25, 0.3) is 0 Å². The van der Waals surface area contributed by atoms with Crippen LogP contribution in [0, 0.1) is 0 Å². The van der Waals surface area contributed by atoms with Gasteiger partial charge in [0, 0.05) is 23.2 Å². The largest absolute Gasteiger partial charge is 0.468 e. The van der Waals surface area contributed by atoms with Crippen LogP contribution in [0.2, 0.25) is 5.02 Å². The molecule has 6 nitrogen and oxygen atoms in total. The number of nitrogens with zero attached hydrogens (tertiary/aromatic N) is 2. The summed E-state index contributed by atoms with van der Waals surface area (Å²) >= 11 is 5.88. The molecular weight excluding hydrogens is 354 g/mol. The predicted molar refractivity (Wildman–Crippen MR) is 98.8 cm³/mol. The van der Waals surface area contributed by atoms with Crippen LogP contribution >= 0.6 is 11.6 Å². The van der Waals surface area contributed by atoms with E-state index in [0.29, 0.717) is 23.0 Å². The number of likely N-dealkylation sites (N-methyl/N-ethyl adjacent to an activating group) is 1. The van der Waals surface area contributed by atoms with Crippen LogP contribution in [0.15, 0.2) is 57.7 Å². The summed E-state index contributed by atoms with van der Waals surface area (Å²) in [5.41, 5.74) is 1.44. The normalized spacial score (nSPS) is 12.3. The van der Waals surface area contributed by atoms with Gasteiger partial charge in [0.05, 0.1) is 24.4 Å². The van der Waals surface area contributed by atoms with Gasteiger partial charge in [-0.2, -0.15) is 0 Å². The Kier molecular flexibility index (Phi) is 5.75. The first-order chi connectivity index (χ1) is 12.5. The molecule has 0 bridgehead atoms. The van der Waals surface area contributed by atoms with Gasteiger partial charge in [0.1, 0.15) is 5.76 Å². The molecule has 0 radical (unpaired) electrons. The van der Waals surface area contributed by atoms with Crippen molar-refractivity contribution in [2.24, 2.45) is 0 Å². The Morgan fingerprint density at radius 2 is 2.04 bits per heavy atom. The van der Waals surface area contributed by atoms with Gasteiger partial charge in [0.2, 0.25) is 5.91 Å². The second-order valence-corrected chi connectivity index (χ2v) is 6.60. The van der Waals surface area contributed by atoms with Crippen molar-refractivity contribution in [1.29, 1.82) is 0 Å². The minimum Gasteiger partial charge on any atom is -0.468 e. The average molecular weight is 374 g/mol. The summed E-state index contributed by atoms with van der Waals surface area (Å²) in [5, 5.41) is 7.54. The fourth-order valence-corrected chi connectivity index (χ4v) is 2.73. The summed E-state index contributed by atoms with van der Waals surface area (Å²) in [5.74, 6) is 1.28. The summed E-state index contributed by atoms with van der Waals surface area (Å²) in [7, 11) is 3.88. The first-order valence-electron chi connectivity index (χ1n) is 8.21. The van der Waals surface area contributed by atoms with Crippen molar-refractivity contribution in [2.75, 3.05) is 20.6 Å². The number of rotatable bonds is 7. The highest BCUT2D eigenvalue weighted by Gasteiger charge is 2.18. The Hall–Kier alpha value is -2.57. The van der Waals surface area contributed by atoms with E-state index in [4.69, 9.17) is 20.5 Å². The van der Waals surface area contributed by atoms with E-state index in [9.17, 15) is 4.79 Å². The Balaban J connectivity index is 1.57. The first kappa shape index (κ1) is 18.2. The number of carbonyl (C=O) groups excluding carboxylic acids is 1. The maximum Gasteiger partial charge on any atom is 0.226 e. The summed E-state index contributed by atoms with van der Waals surface area (Å²) in [6, 6.07) is 12.7. The second kappa shape index (κ2) is 8.21. The van der Waals surface area contributed by atoms with E-state index in [2.05, 4.69) is 10.5 Å². The lowest BCUT2D eigenvalue weighted by molar-refractivity contribution is -0.120. The van der Waals surface area contributed by atoms with Gasteiger partial charge < -0.3 is 14.3 Å². The van der Waals surface area contributed by atoms with Crippen LogP contribution in [0.4, 0.5) is 0 Å². The molecule has 0 aliphatic rings. The third-order valence-electron chi connectivity index (χ3n) is 4.02. The molecule has 1 aromatic carbocycles. The van der Waals surface area contributed by atoms with Crippen LogP contribution in [-0.2, 0) is 11.2 Å². The van der Waals surface area contributed by atoms with Crippen LogP contribution in [-0.4, -0.2) is 36.6 Å². The Morgan fingerprint density at radius 3 is 2.69 bits per heavy atom. The third-order valence-corrected chi connectivity index (χ3v) is 4.27. The molecule has 0 aliphatic carbocycles. The Morgan fingerprint density at radius 1 is 1.27 bits per heavy atom. The van der Waals surface area contributed by atoms with Gasteiger partial charge in [-0.05, 0) is 50.5 Å². The molecule has 0 aliphatic heterocycles. The predicted octanol–water partition coefficient (Wildman–Crippen LogP) is 3.55. The zero-order chi connectivity index (χ0) is 18.5. The van der Waals surface area contributed by atoms with Crippen molar-refractivity contribution in [2.45, 2.75) is 12.5 Å². The van der Waals surface area contributed by atoms with Gasteiger partial charge in [0.15, 0.2) is 5.76 Å². The Labute approximate surface area is 156 Å². The highest BCUT2D eigenvalue weighted by Crippen LogP contribution is 2.22. The molecule has 0 fully saturated rings. The number of hydrogen-bond acceptors (Lipinski definition) is 5. The molecule has 136 valence electrons. The first-order valence-corrected chi connectivity index (χ1v) is 8.59. The quantitative estimate of drug-likeness (QED) is 0.685. The molecule has 1 unspecified atom stereocenters. The lowest BCUT2D eigenvalue weighted by atomic mass is 10.1. The minimum absolute atomic E-state index is 0.0316.